The fourth-order valence-electron chi connectivity index (χ4n) is 1.99. The van der Waals surface area contributed by atoms with Crippen LogP contribution in [0, 0.1) is 5.92 Å². The second-order valence-electron chi connectivity index (χ2n) is 4.42. The van der Waals surface area contributed by atoms with E-state index in [4.69, 9.17) is 0 Å². The van der Waals surface area contributed by atoms with Gasteiger partial charge < -0.3 is 5.32 Å². The second kappa shape index (κ2) is 6.26. The second-order valence-corrected chi connectivity index (χ2v) is 5.40. The molecule has 1 aromatic rings. The molecule has 0 aromatic carbocycles. The Labute approximate surface area is 102 Å². The SMILES string of the molecule is CSCCNC(Cc1ccccn1)C1CC1. The monoisotopic (exact) mass is 236 g/mol. The van der Waals surface area contributed by atoms with Crippen molar-refractivity contribution in [3.8, 4) is 0 Å². The van der Waals surface area contributed by atoms with Gasteiger partial charge in [0.2, 0.25) is 0 Å². The average molecular weight is 236 g/mol. The summed E-state index contributed by atoms with van der Waals surface area (Å²) in [6.07, 6.45) is 7.92. The molecule has 0 bridgehead atoms. The zero-order chi connectivity index (χ0) is 11.2. The van der Waals surface area contributed by atoms with Crippen LogP contribution < -0.4 is 5.32 Å². The number of hydrogen-bond donors (Lipinski definition) is 1. The first-order chi connectivity index (χ1) is 7.90. The predicted molar refractivity (Wildman–Crippen MR) is 70.8 cm³/mol. The molecule has 2 rings (SSSR count). The van der Waals surface area contributed by atoms with Crippen LogP contribution in [-0.2, 0) is 6.42 Å². The highest BCUT2D eigenvalue weighted by molar-refractivity contribution is 7.98. The number of pyridine rings is 1. The van der Waals surface area contributed by atoms with Crippen molar-refractivity contribution >= 4 is 11.8 Å². The quantitative estimate of drug-likeness (QED) is 0.736. The van der Waals surface area contributed by atoms with Gasteiger partial charge in [-0.3, -0.25) is 4.98 Å². The average Bonchev–Trinajstić information content (AvgIpc) is 3.13. The first kappa shape index (κ1) is 11.9. The molecule has 0 aliphatic heterocycles. The molecule has 1 aliphatic rings. The molecule has 1 unspecified atom stereocenters. The summed E-state index contributed by atoms with van der Waals surface area (Å²) >= 11 is 1.90. The summed E-state index contributed by atoms with van der Waals surface area (Å²) in [6, 6.07) is 6.83. The van der Waals surface area contributed by atoms with Crippen LogP contribution in [0.3, 0.4) is 0 Å². The Morgan fingerprint density at radius 2 is 2.38 bits per heavy atom. The standard InChI is InChI=1S/C13H20N2S/c1-16-9-8-15-13(11-5-6-11)10-12-4-2-3-7-14-12/h2-4,7,11,13,15H,5-6,8-10H2,1H3. The van der Waals surface area contributed by atoms with Crippen LogP contribution in [0.4, 0.5) is 0 Å². The van der Waals surface area contributed by atoms with Crippen molar-refractivity contribution in [3.63, 3.8) is 0 Å². The molecule has 0 spiro atoms. The zero-order valence-corrected chi connectivity index (χ0v) is 10.7. The van der Waals surface area contributed by atoms with Crippen LogP contribution in [0.15, 0.2) is 24.4 Å². The minimum atomic E-state index is 0.641. The van der Waals surface area contributed by atoms with Crippen LogP contribution in [0.1, 0.15) is 18.5 Å². The van der Waals surface area contributed by atoms with E-state index in [1.165, 1.54) is 24.3 Å². The molecule has 1 atom stereocenters. The van der Waals surface area contributed by atoms with Crippen molar-refractivity contribution < 1.29 is 0 Å². The molecule has 3 heteroatoms. The lowest BCUT2D eigenvalue weighted by molar-refractivity contribution is 0.470. The molecule has 1 fully saturated rings. The van der Waals surface area contributed by atoms with Crippen molar-refractivity contribution in [2.75, 3.05) is 18.6 Å². The van der Waals surface area contributed by atoms with Gasteiger partial charge in [0.05, 0.1) is 0 Å². The number of nitrogens with one attached hydrogen (secondary N) is 1. The van der Waals surface area contributed by atoms with Gasteiger partial charge in [0.25, 0.3) is 0 Å². The summed E-state index contributed by atoms with van der Waals surface area (Å²) in [7, 11) is 0. The van der Waals surface area contributed by atoms with E-state index in [1.807, 2.05) is 24.0 Å². The zero-order valence-electron chi connectivity index (χ0n) is 9.86. The Balaban J connectivity index is 1.83. The van der Waals surface area contributed by atoms with Crippen LogP contribution in [0.25, 0.3) is 0 Å². The summed E-state index contributed by atoms with van der Waals surface area (Å²) in [5.74, 6) is 2.09. The maximum Gasteiger partial charge on any atom is 0.0419 e. The van der Waals surface area contributed by atoms with Gasteiger partial charge in [0, 0.05) is 36.7 Å². The van der Waals surface area contributed by atoms with Gasteiger partial charge in [-0.1, -0.05) is 6.07 Å². The number of rotatable bonds is 7. The maximum absolute atomic E-state index is 4.41. The Kier molecular flexibility index (Phi) is 4.67. The van der Waals surface area contributed by atoms with Crippen molar-refractivity contribution in [3.05, 3.63) is 30.1 Å². The van der Waals surface area contributed by atoms with E-state index in [0.29, 0.717) is 6.04 Å². The molecule has 16 heavy (non-hydrogen) atoms. The Morgan fingerprint density at radius 1 is 1.50 bits per heavy atom. The van der Waals surface area contributed by atoms with E-state index in [-0.39, 0.29) is 0 Å². The van der Waals surface area contributed by atoms with Crippen molar-refractivity contribution in [2.24, 2.45) is 5.92 Å². The van der Waals surface area contributed by atoms with E-state index < -0.39 is 0 Å². The van der Waals surface area contributed by atoms with E-state index >= 15 is 0 Å². The number of thioether (sulfide) groups is 1. The summed E-state index contributed by atoms with van der Waals surface area (Å²) in [5, 5.41) is 3.67. The molecular formula is C13H20N2S. The third-order valence-corrected chi connectivity index (χ3v) is 3.67. The first-order valence-electron chi connectivity index (χ1n) is 6.02. The van der Waals surface area contributed by atoms with Gasteiger partial charge in [-0.2, -0.15) is 11.8 Å². The maximum atomic E-state index is 4.41. The highest BCUT2D eigenvalue weighted by Crippen LogP contribution is 2.33. The van der Waals surface area contributed by atoms with Gasteiger partial charge in [-0.15, -0.1) is 0 Å². The first-order valence-corrected chi connectivity index (χ1v) is 7.42. The third-order valence-electron chi connectivity index (χ3n) is 3.06. The van der Waals surface area contributed by atoms with Crippen LogP contribution in [0.2, 0.25) is 0 Å². The Morgan fingerprint density at radius 3 is 3.00 bits per heavy atom. The molecule has 0 amide bonds. The van der Waals surface area contributed by atoms with Gasteiger partial charge >= 0.3 is 0 Å². The topological polar surface area (TPSA) is 24.9 Å². The molecule has 1 N–H and O–H groups in total. The smallest absolute Gasteiger partial charge is 0.0419 e. The number of nitrogens with zero attached hydrogens (tertiary/aromatic N) is 1. The van der Waals surface area contributed by atoms with Crippen LogP contribution in [0.5, 0.6) is 0 Å². The van der Waals surface area contributed by atoms with E-state index in [9.17, 15) is 0 Å². The molecule has 0 saturated heterocycles. The number of aromatic nitrogens is 1. The van der Waals surface area contributed by atoms with Gasteiger partial charge in [-0.05, 0) is 37.1 Å². The summed E-state index contributed by atoms with van der Waals surface area (Å²) < 4.78 is 0. The normalized spacial score (nSPS) is 17.3. The van der Waals surface area contributed by atoms with E-state index in [1.54, 1.807) is 0 Å². The molecule has 1 aliphatic carbocycles. The highest BCUT2D eigenvalue weighted by Gasteiger charge is 2.30. The fraction of sp³-hybridized carbons (Fsp3) is 0.615. The predicted octanol–water partition coefficient (Wildman–Crippen LogP) is 2.36. The third kappa shape index (κ3) is 3.80. The van der Waals surface area contributed by atoms with Gasteiger partial charge in [0.15, 0.2) is 0 Å². The van der Waals surface area contributed by atoms with Gasteiger partial charge in [0.1, 0.15) is 0 Å². The van der Waals surface area contributed by atoms with Crippen LogP contribution >= 0.6 is 11.8 Å². The molecule has 88 valence electrons. The lowest BCUT2D eigenvalue weighted by atomic mass is 10.1. The lowest BCUT2D eigenvalue weighted by Crippen LogP contribution is -2.35. The molecular weight excluding hydrogens is 216 g/mol. The molecule has 1 saturated carbocycles. The Hall–Kier alpha value is -0.540. The largest absolute Gasteiger partial charge is 0.312 e. The fourth-order valence-corrected chi connectivity index (χ4v) is 2.32. The molecule has 0 radical (unpaired) electrons. The van der Waals surface area contributed by atoms with Crippen molar-refractivity contribution in [1.82, 2.24) is 10.3 Å². The summed E-state index contributed by atoms with van der Waals surface area (Å²) in [6.45, 7) is 1.12. The van der Waals surface area contributed by atoms with Crippen molar-refractivity contribution in [2.45, 2.75) is 25.3 Å². The Bertz CT molecular complexity index is 298. The van der Waals surface area contributed by atoms with Crippen LogP contribution in [-0.4, -0.2) is 29.6 Å². The van der Waals surface area contributed by atoms with E-state index in [2.05, 4.69) is 28.7 Å². The van der Waals surface area contributed by atoms with E-state index in [0.717, 1.165) is 18.9 Å². The van der Waals surface area contributed by atoms with Gasteiger partial charge in [-0.25, -0.2) is 0 Å². The summed E-state index contributed by atoms with van der Waals surface area (Å²) in [5.41, 5.74) is 1.22. The summed E-state index contributed by atoms with van der Waals surface area (Å²) in [4.78, 5) is 4.41. The lowest BCUT2D eigenvalue weighted by Gasteiger charge is -2.17. The molecule has 1 heterocycles. The minimum absolute atomic E-state index is 0.641. The minimum Gasteiger partial charge on any atom is -0.312 e. The molecule has 1 aromatic heterocycles. The molecule has 2 nitrogen and oxygen atoms in total. The highest BCUT2D eigenvalue weighted by atomic mass is 32.2. The number of hydrogen-bond acceptors (Lipinski definition) is 3. The van der Waals surface area contributed by atoms with Crippen molar-refractivity contribution in [1.29, 1.82) is 0 Å².